The number of nitrogens with zero attached hydrogens (tertiary/aromatic N) is 1. The summed E-state index contributed by atoms with van der Waals surface area (Å²) in [7, 11) is -3.81. The Bertz CT molecular complexity index is 1280. The zero-order valence-electron chi connectivity index (χ0n) is 24.6. The van der Waals surface area contributed by atoms with Crippen LogP contribution in [0.1, 0.15) is 57.1 Å². The summed E-state index contributed by atoms with van der Waals surface area (Å²) in [5.41, 5.74) is 6.97. The fourth-order valence-electron chi connectivity index (χ4n) is 4.65. The predicted molar refractivity (Wildman–Crippen MR) is 165 cm³/mol. The normalized spacial score (nSPS) is 17.5. The van der Waals surface area contributed by atoms with Gasteiger partial charge in [0.15, 0.2) is 6.29 Å². The van der Waals surface area contributed by atoms with E-state index in [2.05, 4.69) is 10.9 Å². The molecule has 1 saturated heterocycles. The third-order valence-electron chi connectivity index (χ3n) is 6.83. The summed E-state index contributed by atoms with van der Waals surface area (Å²) in [6.07, 6.45) is 10.8. The van der Waals surface area contributed by atoms with Crippen LogP contribution in [0.2, 0.25) is 0 Å². The van der Waals surface area contributed by atoms with Crippen molar-refractivity contribution in [1.29, 1.82) is 0 Å². The van der Waals surface area contributed by atoms with Gasteiger partial charge in [0.1, 0.15) is 0 Å². The van der Waals surface area contributed by atoms with Gasteiger partial charge in [0.05, 0.1) is 24.6 Å². The van der Waals surface area contributed by atoms with Gasteiger partial charge in [0.2, 0.25) is 21.8 Å². The lowest BCUT2D eigenvalue weighted by molar-refractivity contribution is -0.203. The minimum atomic E-state index is -3.81. The number of allylic oxidation sites excluding steroid dienone is 1. The van der Waals surface area contributed by atoms with E-state index in [0.717, 1.165) is 34.6 Å². The fraction of sp³-hybridized carbons (Fsp3) is 0.438. The van der Waals surface area contributed by atoms with Gasteiger partial charge < -0.3 is 4.74 Å². The number of ether oxygens (including phenoxy) is 1. The van der Waals surface area contributed by atoms with Gasteiger partial charge in [-0.15, -0.1) is 4.41 Å². The summed E-state index contributed by atoms with van der Waals surface area (Å²) in [5, 5.41) is 0. The van der Waals surface area contributed by atoms with Gasteiger partial charge in [-0.1, -0.05) is 98.8 Å². The highest BCUT2D eigenvalue weighted by Crippen LogP contribution is 2.26. The smallest absolute Gasteiger partial charge is 0.247 e. The zero-order valence-corrected chi connectivity index (χ0v) is 25.5. The first-order valence-electron chi connectivity index (χ1n) is 14.4. The Morgan fingerprint density at radius 2 is 1.57 bits per heavy atom. The van der Waals surface area contributed by atoms with Crippen molar-refractivity contribution in [2.24, 2.45) is 17.8 Å². The molecule has 9 nitrogen and oxygen atoms in total. The summed E-state index contributed by atoms with van der Waals surface area (Å²) in [6.45, 7) is 4.40. The van der Waals surface area contributed by atoms with Crippen molar-refractivity contribution in [2.75, 3.05) is 19.4 Å². The molecule has 1 fully saturated rings. The fourth-order valence-corrected chi connectivity index (χ4v) is 5.27. The summed E-state index contributed by atoms with van der Waals surface area (Å²) in [4.78, 5) is 32.8. The molecule has 3 rings (SSSR count). The van der Waals surface area contributed by atoms with E-state index in [1.807, 2.05) is 86.7 Å². The maximum Gasteiger partial charge on any atom is 0.247 e. The van der Waals surface area contributed by atoms with Crippen LogP contribution < -0.4 is 10.9 Å². The van der Waals surface area contributed by atoms with E-state index in [0.29, 0.717) is 19.4 Å². The lowest BCUT2D eigenvalue weighted by atomic mass is 9.82. The topological polar surface area (TPSA) is 114 Å². The lowest BCUT2D eigenvalue weighted by Crippen LogP contribution is -2.51. The molecular formula is C32H43N3O6S. The molecule has 0 spiro atoms. The Hall–Kier alpha value is -3.31. The summed E-state index contributed by atoms with van der Waals surface area (Å²) in [6, 6.07) is 19.1. The van der Waals surface area contributed by atoms with Crippen LogP contribution in [0.3, 0.4) is 0 Å². The van der Waals surface area contributed by atoms with E-state index in [1.54, 1.807) is 12.2 Å². The van der Waals surface area contributed by atoms with Crippen LogP contribution in [0.25, 0.3) is 12.2 Å². The summed E-state index contributed by atoms with van der Waals surface area (Å²) in [5.74, 6) is -2.61. The molecule has 10 heteroatoms. The molecule has 2 aromatic carbocycles. The Labute approximate surface area is 249 Å². The van der Waals surface area contributed by atoms with E-state index in [1.165, 1.54) is 0 Å². The zero-order chi connectivity index (χ0) is 30.4. The molecule has 1 unspecified atom stereocenters. The lowest BCUT2D eigenvalue weighted by Gasteiger charge is -2.29. The van der Waals surface area contributed by atoms with Crippen LogP contribution in [0, 0.1) is 17.8 Å². The number of rotatable bonds is 15. The third kappa shape index (κ3) is 11.5. The highest BCUT2D eigenvalue weighted by molar-refractivity contribution is 7.88. The highest BCUT2D eigenvalue weighted by Gasteiger charge is 2.36. The van der Waals surface area contributed by atoms with Crippen molar-refractivity contribution < 1.29 is 27.6 Å². The molecule has 2 amide bonds. The van der Waals surface area contributed by atoms with Gasteiger partial charge in [-0.05, 0) is 42.7 Å². The maximum absolute atomic E-state index is 13.7. The van der Waals surface area contributed by atoms with Crippen LogP contribution in [0.4, 0.5) is 0 Å². The first-order valence-corrected chi connectivity index (χ1v) is 16.3. The van der Waals surface area contributed by atoms with Crippen molar-refractivity contribution >= 4 is 34.0 Å². The molecule has 1 aliphatic rings. The number of sulfonamides is 1. The minimum Gasteiger partial charge on any atom is -0.350 e. The number of hydrogen-bond acceptors (Lipinski definition) is 6. The molecule has 1 aliphatic heterocycles. The quantitative estimate of drug-likeness (QED) is 0.281. The Balaban J connectivity index is 1.81. The van der Waals surface area contributed by atoms with E-state index >= 15 is 0 Å². The summed E-state index contributed by atoms with van der Waals surface area (Å²) < 4.78 is 31.7. The molecule has 0 saturated carbocycles. The monoisotopic (exact) mass is 597 g/mol. The van der Waals surface area contributed by atoms with Gasteiger partial charge in [0, 0.05) is 13.0 Å². The van der Waals surface area contributed by atoms with E-state index in [4.69, 9.17) is 9.57 Å². The molecular weight excluding hydrogens is 554 g/mol. The van der Waals surface area contributed by atoms with Crippen LogP contribution >= 0.6 is 0 Å². The Morgan fingerprint density at radius 3 is 2.12 bits per heavy atom. The molecule has 0 radical (unpaired) electrons. The number of carbonyl (C=O) groups is 2. The molecule has 0 aromatic heterocycles. The molecule has 228 valence electrons. The Morgan fingerprint density at radius 1 is 0.952 bits per heavy atom. The van der Waals surface area contributed by atoms with Crippen LogP contribution in [-0.2, 0) is 29.2 Å². The van der Waals surface area contributed by atoms with Gasteiger partial charge in [-0.2, -0.15) is 0 Å². The largest absolute Gasteiger partial charge is 0.350 e. The van der Waals surface area contributed by atoms with Gasteiger partial charge in [0.25, 0.3) is 0 Å². The highest BCUT2D eigenvalue weighted by atomic mass is 32.2. The molecule has 0 aliphatic carbocycles. The van der Waals surface area contributed by atoms with E-state index in [-0.39, 0.29) is 18.9 Å². The molecule has 0 bridgehead atoms. The van der Waals surface area contributed by atoms with Crippen LogP contribution in [0.5, 0.6) is 0 Å². The maximum atomic E-state index is 13.7. The number of amides is 2. The first-order chi connectivity index (χ1) is 20.1. The van der Waals surface area contributed by atoms with Crippen molar-refractivity contribution in [3.8, 4) is 0 Å². The van der Waals surface area contributed by atoms with Crippen molar-refractivity contribution in [3.05, 3.63) is 83.9 Å². The number of nitrogens with one attached hydrogen (secondary N) is 2. The van der Waals surface area contributed by atoms with E-state index in [9.17, 15) is 18.0 Å². The number of hydrogen-bond donors (Lipinski definition) is 2. The number of hydrazine groups is 1. The number of hydroxylamine groups is 1. The Kier molecular flexibility index (Phi) is 13.4. The molecule has 2 aromatic rings. The second-order valence-electron chi connectivity index (χ2n) is 10.9. The molecule has 2 N–H and O–H groups in total. The second kappa shape index (κ2) is 17.0. The van der Waals surface area contributed by atoms with Gasteiger partial charge in [-0.3, -0.25) is 15.0 Å². The van der Waals surface area contributed by atoms with Crippen molar-refractivity contribution in [1.82, 2.24) is 15.3 Å². The van der Waals surface area contributed by atoms with Gasteiger partial charge in [-0.25, -0.2) is 18.7 Å². The SMILES string of the molecule is CC(C)C[C@@H](C(=O)NN(CC=Cc1ccccc1)S(C)(=O)=O)[C@H](CC=Cc1ccccc1)C(=O)NOC1CCCCO1. The average molecular weight is 598 g/mol. The van der Waals surface area contributed by atoms with Crippen LogP contribution in [0.15, 0.2) is 72.8 Å². The standard InChI is InChI=1S/C32H43N3O6S/c1-25(2)24-29(31(36)33-35(42(3,38)39)22-13-19-27-16-8-5-9-17-27)28(20-12-18-26-14-6-4-7-15-26)32(37)34-41-30-21-10-11-23-40-30/h4-9,12-19,25,28-30H,10-11,20-24H2,1-3H3,(H,33,36)(H,34,37)/t28-,29+,30?/m0/s1. The van der Waals surface area contributed by atoms with Gasteiger partial charge >= 0.3 is 0 Å². The third-order valence-corrected chi connectivity index (χ3v) is 7.87. The predicted octanol–water partition coefficient (Wildman–Crippen LogP) is 4.95. The first kappa shape index (κ1) is 33.2. The molecule has 42 heavy (non-hydrogen) atoms. The minimum absolute atomic E-state index is 0.0569. The van der Waals surface area contributed by atoms with Crippen LogP contribution in [-0.4, -0.2) is 50.3 Å². The second-order valence-corrected chi connectivity index (χ2v) is 12.8. The number of carbonyl (C=O) groups excluding carboxylic acids is 2. The summed E-state index contributed by atoms with van der Waals surface area (Å²) >= 11 is 0. The average Bonchev–Trinajstić information content (AvgIpc) is 2.97. The van der Waals surface area contributed by atoms with E-state index < -0.39 is 40.0 Å². The molecule has 3 atom stereocenters. The molecule has 1 heterocycles. The van der Waals surface area contributed by atoms with Crippen molar-refractivity contribution in [2.45, 2.75) is 52.2 Å². The van der Waals surface area contributed by atoms with Crippen molar-refractivity contribution in [3.63, 3.8) is 0 Å². The number of benzene rings is 2.